The molecule has 1 aliphatic heterocycles. The van der Waals surface area contributed by atoms with Crippen LogP contribution in [0.1, 0.15) is 40.6 Å². The maximum Gasteiger partial charge on any atom is 0.255 e. The number of nitrogens with zero attached hydrogens (tertiary/aromatic N) is 1. The van der Waals surface area contributed by atoms with E-state index in [2.05, 4.69) is 15.8 Å². The van der Waals surface area contributed by atoms with E-state index in [0.29, 0.717) is 34.3 Å². The van der Waals surface area contributed by atoms with E-state index in [1.165, 1.54) is 11.8 Å². The monoisotopic (exact) mass is 329 g/mol. The summed E-state index contributed by atoms with van der Waals surface area (Å²) in [4.78, 5) is 25.0. The molecule has 0 bridgehead atoms. The third-order valence-electron chi connectivity index (χ3n) is 3.95. The van der Waals surface area contributed by atoms with Gasteiger partial charge in [0.15, 0.2) is 5.76 Å². The number of nitrogens with one attached hydrogen (secondary N) is 2. The number of carbonyl (C=O) groups is 2. The summed E-state index contributed by atoms with van der Waals surface area (Å²) in [6, 6.07) is 5.32. The van der Waals surface area contributed by atoms with Crippen molar-refractivity contribution in [1.29, 1.82) is 0 Å². The standard InChI is InChI=1S/C16H15N3O3S/c1-8-14(15(22-19-8)9-2-3-9)18-16(21)10-4-5-12-11(6-10)17-13(20)7-23-12/h4-6,9H,2-3,7H2,1H3,(H,17,20)(H,18,21). The number of amides is 2. The summed E-state index contributed by atoms with van der Waals surface area (Å²) in [5, 5.41) is 9.65. The first-order valence-corrected chi connectivity index (χ1v) is 8.44. The number of fused-ring (bicyclic) bond motifs is 1. The number of carbonyl (C=O) groups excluding carboxylic acids is 2. The van der Waals surface area contributed by atoms with Gasteiger partial charge in [0.25, 0.3) is 5.91 Å². The Morgan fingerprint density at radius 2 is 2.26 bits per heavy atom. The maximum absolute atomic E-state index is 12.5. The molecule has 0 saturated heterocycles. The van der Waals surface area contributed by atoms with Crippen molar-refractivity contribution in [1.82, 2.24) is 5.16 Å². The summed E-state index contributed by atoms with van der Waals surface area (Å²) >= 11 is 1.47. The molecule has 2 N–H and O–H groups in total. The zero-order valence-corrected chi connectivity index (χ0v) is 13.3. The molecule has 0 spiro atoms. The lowest BCUT2D eigenvalue weighted by molar-refractivity contribution is -0.113. The van der Waals surface area contributed by atoms with Crippen molar-refractivity contribution in [2.24, 2.45) is 0 Å². The number of benzene rings is 1. The fourth-order valence-electron chi connectivity index (χ4n) is 2.57. The minimum absolute atomic E-state index is 0.0500. The highest BCUT2D eigenvalue weighted by Gasteiger charge is 2.32. The van der Waals surface area contributed by atoms with Crippen molar-refractivity contribution in [3.63, 3.8) is 0 Å². The molecule has 2 aromatic rings. The minimum atomic E-state index is -0.231. The van der Waals surface area contributed by atoms with Crippen molar-refractivity contribution < 1.29 is 14.1 Å². The lowest BCUT2D eigenvalue weighted by Gasteiger charge is -2.17. The van der Waals surface area contributed by atoms with E-state index < -0.39 is 0 Å². The molecule has 1 fully saturated rings. The molecule has 0 unspecified atom stereocenters. The first-order chi connectivity index (χ1) is 11.1. The SMILES string of the molecule is Cc1noc(C2CC2)c1NC(=O)c1ccc2c(c1)NC(=O)CS2. The maximum atomic E-state index is 12.5. The number of thioether (sulfide) groups is 1. The Balaban J connectivity index is 1.59. The second kappa shape index (κ2) is 5.42. The van der Waals surface area contributed by atoms with Crippen LogP contribution in [0.15, 0.2) is 27.6 Å². The van der Waals surface area contributed by atoms with Gasteiger partial charge in [-0.05, 0) is 38.0 Å². The van der Waals surface area contributed by atoms with Gasteiger partial charge in [0.1, 0.15) is 11.4 Å². The Morgan fingerprint density at radius 3 is 3.04 bits per heavy atom. The molecule has 1 aliphatic carbocycles. The van der Waals surface area contributed by atoms with Crippen LogP contribution in [-0.2, 0) is 4.79 Å². The second-order valence-corrected chi connectivity index (χ2v) is 6.80. The summed E-state index contributed by atoms with van der Waals surface area (Å²) in [6.45, 7) is 1.81. The first kappa shape index (κ1) is 14.3. The largest absolute Gasteiger partial charge is 0.359 e. The van der Waals surface area contributed by atoms with Crippen molar-refractivity contribution in [3.05, 3.63) is 35.2 Å². The van der Waals surface area contributed by atoms with Gasteiger partial charge in [-0.25, -0.2) is 0 Å². The average molecular weight is 329 g/mol. The molecule has 23 heavy (non-hydrogen) atoms. The Kier molecular flexibility index (Phi) is 3.37. The van der Waals surface area contributed by atoms with Gasteiger partial charge < -0.3 is 15.2 Å². The number of rotatable bonds is 3. The lowest BCUT2D eigenvalue weighted by Crippen LogP contribution is -2.20. The van der Waals surface area contributed by atoms with E-state index in [1.54, 1.807) is 12.1 Å². The molecule has 1 aromatic heterocycles. The van der Waals surface area contributed by atoms with Crippen LogP contribution in [0.5, 0.6) is 0 Å². The van der Waals surface area contributed by atoms with Crippen LogP contribution >= 0.6 is 11.8 Å². The molecule has 7 heteroatoms. The predicted octanol–water partition coefficient (Wildman–Crippen LogP) is 3.16. The fourth-order valence-corrected chi connectivity index (χ4v) is 3.36. The number of anilines is 2. The number of aromatic nitrogens is 1. The molecular weight excluding hydrogens is 314 g/mol. The smallest absolute Gasteiger partial charge is 0.255 e. The summed E-state index contributed by atoms with van der Waals surface area (Å²) in [7, 11) is 0. The third-order valence-corrected chi connectivity index (χ3v) is 5.02. The van der Waals surface area contributed by atoms with Gasteiger partial charge in [-0.15, -0.1) is 11.8 Å². The van der Waals surface area contributed by atoms with Gasteiger partial charge in [-0.2, -0.15) is 0 Å². The van der Waals surface area contributed by atoms with Gasteiger partial charge in [0.2, 0.25) is 5.91 Å². The number of aryl methyl sites for hydroxylation is 1. The van der Waals surface area contributed by atoms with E-state index >= 15 is 0 Å². The van der Waals surface area contributed by atoms with E-state index in [1.807, 2.05) is 13.0 Å². The molecule has 2 amide bonds. The van der Waals surface area contributed by atoms with Crippen molar-refractivity contribution in [3.8, 4) is 0 Å². The van der Waals surface area contributed by atoms with Gasteiger partial charge >= 0.3 is 0 Å². The van der Waals surface area contributed by atoms with E-state index in [4.69, 9.17) is 4.52 Å². The van der Waals surface area contributed by atoms with Crippen LogP contribution in [0.2, 0.25) is 0 Å². The van der Waals surface area contributed by atoms with Crippen LogP contribution in [0, 0.1) is 6.92 Å². The molecule has 2 heterocycles. The fraction of sp³-hybridized carbons (Fsp3) is 0.312. The van der Waals surface area contributed by atoms with Crippen molar-refractivity contribution >= 4 is 35.0 Å². The zero-order chi connectivity index (χ0) is 16.0. The lowest BCUT2D eigenvalue weighted by atomic mass is 10.1. The predicted molar refractivity (Wildman–Crippen MR) is 87.0 cm³/mol. The highest BCUT2D eigenvalue weighted by atomic mass is 32.2. The third kappa shape index (κ3) is 2.72. The molecule has 118 valence electrons. The molecule has 6 nitrogen and oxygen atoms in total. The van der Waals surface area contributed by atoms with Crippen LogP contribution in [0.3, 0.4) is 0 Å². The molecular formula is C16H15N3O3S. The molecule has 0 atom stereocenters. The van der Waals surface area contributed by atoms with Gasteiger partial charge in [-0.1, -0.05) is 5.16 Å². The Labute approximate surface area is 137 Å². The molecule has 1 saturated carbocycles. The molecule has 0 radical (unpaired) electrons. The summed E-state index contributed by atoms with van der Waals surface area (Å²) in [5.74, 6) is 1.25. The topological polar surface area (TPSA) is 84.2 Å². The van der Waals surface area contributed by atoms with Crippen LogP contribution in [0.25, 0.3) is 0 Å². The number of hydrogen-bond donors (Lipinski definition) is 2. The van der Waals surface area contributed by atoms with Gasteiger partial charge in [0, 0.05) is 16.4 Å². The van der Waals surface area contributed by atoms with Crippen molar-refractivity contribution in [2.45, 2.75) is 30.6 Å². The Morgan fingerprint density at radius 1 is 1.43 bits per heavy atom. The molecule has 1 aromatic carbocycles. The Hall–Kier alpha value is -2.28. The van der Waals surface area contributed by atoms with E-state index in [0.717, 1.165) is 23.5 Å². The second-order valence-electron chi connectivity index (χ2n) is 5.78. The van der Waals surface area contributed by atoms with E-state index in [9.17, 15) is 9.59 Å². The number of hydrogen-bond acceptors (Lipinski definition) is 5. The Bertz CT molecular complexity index is 811. The van der Waals surface area contributed by atoms with Crippen molar-refractivity contribution in [2.75, 3.05) is 16.4 Å². The molecule has 4 rings (SSSR count). The highest BCUT2D eigenvalue weighted by molar-refractivity contribution is 8.00. The summed E-state index contributed by atoms with van der Waals surface area (Å²) in [6.07, 6.45) is 2.14. The zero-order valence-electron chi connectivity index (χ0n) is 12.5. The highest BCUT2D eigenvalue weighted by Crippen LogP contribution is 2.44. The van der Waals surface area contributed by atoms with Crippen LogP contribution < -0.4 is 10.6 Å². The van der Waals surface area contributed by atoms with Gasteiger partial charge in [0.05, 0.1) is 11.4 Å². The summed E-state index contributed by atoms with van der Waals surface area (Å²) in [5.41, 5.74) is 2.54. The van der Waals surface area contributed by atoms with Crippen LogP contribution in [-0.4, -0.2) is 22.7 Å². The summed E-state index contributed by atoms with van der Waals surface area (Å²) < 4.78 is 5.34. The average Bonchev–Trinajstić information content (AvgIpc) is 3.32. The minimum Gasteiger partial charge on any atom is -0.359 e. The first-order valence-electron chi connectivity index (χ1n) is 7.46. The quantitative estimate of drug-likeness (QED) is 0.903. The van der Waals surface area contributed by atoms with Crippen LogP contribution in [0.4, 0.5) is 11.4 Å². The molecule has 2 aliphatic rings. The van der Waals surface area contributed by atoms with Gasteiger partial charge in [-0.3, -0.25) is 9.59 Å². The van der Waals surface area contributed by atoms with E-state index in [-0.39, 0.29) is 11.8 Å². The normalized spacial score (nSPS) is 16.7.